The number of carbonyl (C=O) groups is 1. The monoisotopic (exact) mass is 339 g/mol. The maximum absolute atomic E-state index is 12.1. The largest absolute Gasteiger partial charge is 0.352 e. The molecule has 0 saturated carbocycles. The van der Waals surface area contributed by atoms with E-state index in [0.29, 0.717) is 25.3 Å². The first-order valence-electron chi connectivity index (χ1n) is 8.14. The zero-order valence-corrected chi connectivity index (χ0v) is 14.6. The summed E-state index contributed by atoms with van der Waals surface area (Å²) in [5.41, 5.74) is 5.14. The van der Waals surface area contributed by atoms with Crippen molar-refractivity contribution in [2.24, 2.45) is 0 Å². The minimum Gasteiger partial charge on any atom is -0.352 e. The maximum Gasteiger partial charge on any atom is 0.222 e. The molecule has 2 heterocycles. The minimum atomic E-state index is -0.00447. The van der Waals surface area contributed by atoms with E-state index >= 15 is 0 Å². The summed E-state index contributed by atoms with van der Waals surface area (Å²) in [6, 6.07) is 7.71. The van der Waals surface area contributed by atoms with E-state index in [1.165, 1.54) is 5.56 Å². The molecule has 0 unspecified atom stereocenters. The molecule has 0 bridgehead atoms. The Bertz CT molecular complexity index is 867. The van der Waals surface area contributed by atoms with Crippen LogP contribution in [0.1, 0.15) is 28.9 Å². The molecule has 2 N–H and O–H groups in total. The van der Waals surface area contributed by atoms with Crippen molar-refractivity contribution >= 4 is 5.91 Å². The summed E-state index contributed by atoms with van der Waals surface area (Å²) >= 11 is 0. The molecule has 130 valence electrons. The van der Waals surface area contributed by atoms with Crippen LogP contribution in [-0.4, -0.2) is 36.3 Å². The summed E-state index contributed by atoms with van der Waals surface area (Å²) in [6.45, 7) is 7.09. The Morgan fingerprint density at radius 2 is 2.12 bits per heavy atom. The summed E-state index contributed by atoms with van der Waals surface area (Å²) in [7, 11) is 0. The number of aromatic nitrogens is 6. The van der Waals surface area contributed by atoms with Gasteiger partial charge in [-0.3, -0.25) is 9.48 Å². The molecule has 25 heavy (non-hydrogen) atoms. The molecule has 3 aromatic rings. The highest BCUT2D eigenvalue weighted by atomic mass is 16.1. The van der Waals surface area contributed by atoms with Gasteiger partial charge in [-0.1, -0.05) is 18.2 Å². The third-order valence-electron chi connectivity index (χ3n) is 4.31. The number of H-pyrrole nitrogens is 1. The first-order valence-corrected chi connectivity index (χ1v) is 8.14. The van der Waals surface area contributed by atoms with Crippen molar-refractivity contribution in [2.75, 3.05) is 0 Å². The Labute approximate surface area is 145 Å². The van der Waals surface area contributed by atoms with Gasteiger partial charge in [0.1, 0.15) is 0 Å². The summed E-state index contributed by atoms with van der Waals surface area (Å²) in [5, 5.41) is 21.3. The molecule has 0 fully saturated rings. The number of benzene rings is 1. The van der Waals surface area contributed by atoms with Crippen molar-refractivity contribution in [3.8, 4) is 11.4 Å². The molecule has 1 amide bonds. The van der Waals surface area contributed by atoms with Gasteiger partial charge in [-0.05, 0) is 43.2 Å². The van der Waals surface area contributed by atoms with Crippen LogP contribution in [0.15, 0.2) is 24.3 Å². The van der Waals surface area contributed by atoms with Crippen LogP contribution in [0.25, 0.3) is 11.4 Å². The molecule has 2 aromatic heterocycles. The fourth-order valence-corrected chi connectivity index (χ4v) is 2.61. The lowest BCUT2D eigenvalue weighted by Gasteiger charge is -2.07. The zero-order chi connectivity index (χ0) is 17.8. The Kier molecular flexibility index (Phi) is 4.87. The van der Waals surface area contributed by atoms with E-state index < -0.39 is 0 Å². The fourth-order valence-electron chi connectivity index (χ4n) is 2.61. The predicted molar refractivity (Wildman–Crippen MR) is 92.5 cm³/mol. The van der Waals surface area contributed by atoms with E-state index in [1.54, 1.807) is 0 Å². The minimum absolute atomic E-state index is 0.00447. The standard InChI is InChI=1S/C17H21N7O/c1-11-12(2)21-24(13(11)3)8-7-16(25)18-10-14-5-4-6-15(9-14)17-19-22-23-20-17/h4-6,9H,7-8,10H2,1-3H3,(H,18,25)(H,19,20,22,23). The number of carbonyl (C=O) groups excluding carboxylic acids is 1. The van der Waals surface area contributed by atoms with E-state index in [0.717, 1.165) is 22.5 Å². The van der Waals surface area contributed by atoms with E-state index in [2.05, 4.69) is 31.0 Å². The van der Waals surface area contributed by atoms with E-state index in [-0.39, 0.29) is 5.91 Å². The average Bonchev–Trinajstić information content (AvgIpc) is 3.24. The average molecular weight is 339 g/mol. The third kappa shape index (κ3) is 3.90. The molecule has 0 aliphatic heterocycles. The molecule has 8 heteroatoms. The third-order valence-corrected chi connectivity index (χ3v) is 4.31. The van der Waals surface area contributed by atoms with Gasteiger partial charge in [-0.25, -0.2) is 0 Å². The van der Waals surface area contributed by atoms with Gasteiger partial charge >= 0.3 is 0 Å². The Hall–Kier alpha value is -3.03. The number of hydrogen-bond donors (Lipinski definition) is 2. The summed E-state index contributed by atoms with van der Waals surface area (Å²) < 4.78 is 1.89. The maximum atomic E-state index is 12.1. The molecule has 0 atom stereocenters. The Morgan fingerprint density at radius 3 is 2.80 bits per heavy atom. The summed E-state index contributed by atoms with van der Waals surface area (Å²) in [5.74, 6) is 0.531. The zero-order valence-electron chi connectivity index (χ0n) is 14.6. The number of aromatic amines is 1. The lowest BCUT2D eigenvalue weighted by atomic mass is 10.1. The molecule has 8 nitrogen and oxygen atoms in total. The van der Waals surface area contributed by atoms with Crippen LogP contribution in [-0.2, 0) is 17.9 Å². The molecular weight excluding hydrogens is 318 g/mol. The number of nitrogens with zero attached hydrogens (tertiary/aromatic N) is 5. The van der Waals surface area contributed by atoms with Gasteiger partial charge in [-0.15, -0.1) is 10.2 Å². The Balaban J connectivity index is 1.54. The van der Waals surface area contributed by atoms with Crippen LogP contribution >= 0.6 is 0 Å². The van der Waals surface area contributed by atoms with Gasteiger partial charge in [0.05, 0.1) is 5.69 Å². The van der Waals surface area contributed by atoms with Crippen LogP contribution in [0.2, 0.25) is 0 Å². The number of rotatable bonds is 6. The molecular formula is C17H21N7O. The highest BCUT2D eigenvalue weighted by Crippen LogP contribution is 2.15. The molecule has 0 aliphatic rings. The van der Waals surface area contributed by atoms with Crippen molar-refractivity contribution in [3.05, 3.63) is 46.8 Å². The highest BCUT2D eigenvalue weighted by Gasteiger charge is 2.09. The normalized spacial score (nSPS) is 10.8. The van der Waals surface area contributed by atoms with Gasteiger partial charge in [0, 0.05) is 30.8 Å². The van der Waals surface area contributed by atoms with Crippen molar-refractivity contribution in [3.63, 3.8) is 0 Å². The lowest BCUT2D eigenvalue weighted by molar-refractivity contribution is -0.121. The SMILES string of the molecule is Cc1nn(CCC(=O)NCc2cccc(-c3nn[nH]n3)c2)c(C)c1C. The fraction of sp³-hybridized carbons (Fsp3) is 0.353. The van der Waals surface area contributed by atoms with E-state index in [1.807, 2.05) is 49.7 Å². The molecule has 0 radical (unpaired) electrons. The van der Waals surface area contributed by atoms with Gasteiger partial charge in [-0.2, -0.15) is 10.3 Å². The number of aryl methyl sites for hydroxylation is 2. The van der Waals surface area contributed by atoms with Gasteiger partial charge in [0.2, 0.25) is 11.7 Å². The predicted octanol–water partition coefficient (Wildman–Crippen LogP) is 1.69. The van der Waals surface area contributed by atoms with Gasteiger partial charge in [0.25, 0.3) is 0 Å². The number of tetrazole rings is 1. The Morgan fingerprint density at radius 1 is 1.28 bits per heavy atom. The summed E-state index contributed by atoms with van der Waals surface area (Å²) in [6.07, 6.45) is 0.395. The molecule has 0 saturated heterocycles. The second-order valence-electron chi connectivity index (χ2n) is 5.98. The first kappa shape index (κ1) is 16.8. The first-order chi connectivity index (χ1) is 12.0. The lowest BCUT2D eigenvalue weighted by Crippen LogP contribution is -2.24. The van der Waals surface area contributed by atoms with Crippen LogP contribution in [0.5, 0.6) is 0 Å². The number of amides is 1. The molecule has 0 aliphatic carbocycles. The molecule has 3 rings (SSSR count). The topological polar surface area (TPSA) is 101 Å². The van der Waals surface area contributed by atoms with Crippen molar-refractivity contribution in [2.45, 2.75) is 40.3 Å². The quantitative estimate of drug-likeness (QED) is 0.712. The molecule has 1 aromatic carbocycles. The second kappa shape index (κ2) is 7.25. The van der Waals surface area contributed by atoms with Crippen molar-refractivity contribution in [1.82, 2.24) is 35.7 Å². The van der Waals surface area contributed by atoms with Gasteiger partial charge < -0.3 is 5.32 Å². The van der Waals surface area contributed by atoms with Crippen molar-refractivity contribution in [1.29, 1.82) is 0 Å². The summed E-state index contributed by atoms with van der Waals surface area (Å²) in [4.78, 5) is 12.1. The smallest absolute Gasteiger partial charge is 0.222 e. The van der Waals surface area contributed by atoms with E-state index in [4.69, 9.17) is 0 Å². The highest BCUT2D eigenvalue weighted by molar-refractivity contribution is 5.75. The number of hydrogen-bond acceptors (Lipinski definition) is 5. The van der Waals surface area contributed by atoms with Crippen LogP contribution < -0.4 is 5.32 Å². The number of nitrogens with one attached hydrogen (secondary N) is 2. The van der Waals surface area contributed by atoms with Crippen LogP contribution in [0.3, 0.4) is 0 Å². The van der Waals surface area contributed by atoms with Gasteiger partial charge in [0.15, 0.2) is 0 Å². The van der Waals surface area contributed by atoms with E-state index in [9.17, 15) is 4.79 Å². The van der Waals surface area contributed by atoms with Crippen LogP contribution in [0.4, 0.5) is 0 Å². The second-order valence-corrected chi connectivity index (χ2v) is 5.98. The molecule has 0 spiro atoms. The van der Waals surface area contributed by atoms with Crippen LogP contribution in [0, 0.1) is 20.8 Å². The van der Waals surface area contributed by atoms with Crippen molar-refractivity contribution < 1.29 is 4.79 Å².